The normalized spacial score (nSPS) is 25.4. The Balaban J connectivity index is 1.84. The number of alkyl halides is 1. The van der Waals surface area contributed by atoms with Gasteiger partial charge in [-0.15, -0.1) is 16.7 Å². The Hall–Kier alpha value is -0.830. The molecule has 0 spiro atoms. The van der Waals surface area contributed by atoms with Gasteiger partial charge in [-0.1, -0.05) is 12.8 Å². The smallest absolute Gasteiger partial charge is 0.148 e. The van der Waals surface area contributed by atoms with Gasteiger partial charge < -0.3 is 5.32 Å². The number of aromatic nitrogens is 2. The average Bonchev–Trinajstić information content (AvgIpc) is 2.30. The van der Waals surface area contributed by atoms with Crippen LogP contribution in [0, 0.1) is 12.8 Å². The van der Waals surface area contributed by atoms with Crippen molar-refractivity contribution in [2.45, 2.75) is 38.0 Å². The van der Waals surface area contributed by atoms with Crippen LogP contribution in [-0.2, 0) is 0 Å². The monoisotopic (exact) mass is 239 g/mol. The molecular formula is C12H18ClN3. The van der Waals surface area contributed by atoms with Gasteiger partial charge in [0.2, 0.25) is 0 Å². The Bertz CT molecular complexity index is 326. The highest BCUT2D eigenvalue weighted by atomic mass is 35.5. The van der Waals surface area contributed by atoms with Crippen LogP contribution in [0.3, 0.4) is 0 Å². The van der Waals surface area contributed by atoms with E-state index in [1.807, 2.05) is 19.1 Å². The molecule has 2 rings (SSSR count). The van der Waals surface area contributed by atoms with Crippen molar-refractivity contribution in [3.63, 3.8) is 0 Å². The summed E-state index contributed by atoms with van der Waals surface area (Å²) < 4.78 is 0. The van der Waals surface area contributed by atoms with E-state index in [1.54, 1.807) is 0 Å². The van der Waals surface area contributed by atoms with Crippen molar-refractivity contribution in [2.75, 3.05) is 11.9 Å². The van der Waals surface area contributed by atoms with Crippen LogP contribution < -0.4 is 5.32 Å². The fourth-order valence-electron chi connectivity index (χ4n) is 2.12. The molecule has 88 valence electrons. The van der Waals surface area contributed by atoms with E-state index in [-0.39, 0.29) is 0 Å². The highest BCUT2D eigenvalue weighted by Gasteiger charge is 2.22. The van der Waals surface area contributed by atoms with Gasteiger partial charge in [0.05, 0.1) is 5.69 Å². The lowest BCUT2D eigenvalue weighted by atomic mass is 9.89. The van der Waals surface area contributed by atoms with E-state index >= 15 is 0 Å². The molecule has 0 amide bonds. The first-order valence-electron chi connectivity index (χ1n) is 5.94. The Labute approximate surface area is 102 Å². The van der Waals surface area contributed by atoms with E-state index in [0.29, 0.717) is 11.3 Å². The summed E-state index contributed by atoms with van der Waals surface area (Å²) >= 11 is 6.30. The molecule has 1 aliphatic rings. The van der Waals surface area contributed by atoms with Gasteiger partial charge in [-0.2, -0.15) is 5.10 Å². The van der Waals surface area contributed by atoms with Gasteiger partial charge in [0.25, 0.3) is 0 Å². The number of nitrogens with zero attached hydrogens (tertiary/aromatic N) is 2. The van der Waals surface area contributed by atoms with Crippen LogP contribution in [0.1, 0.15) is 31.4 Å². The molecule has 1 heterocycles. The van der Waals surface area contributed by atoms with Gasteiger partial charge in [-0.3, -0.25) is 0 Å². The van der Waals surface area contributed by atoms with Gasteiger partial charge in [0.1, 0.15) is 5.82 Å². The Kier molecular flexibility index (Phi) is 3.99. The Morgan fingerprint density at radius 2 is 2.12 bits per heavy atom. The molecule has 0 saturated heterocycles. The minimum atomic E-state index is 0.319. The molecule has 1 aromatic heterocycles. The van der Waals surface area contributed by atoms with Gasteiger partial charge in [-0.05, 0) is 37.8 Å². The molecule has 0 aliphatic heterocycles. The highest BCUT2D eigenvalue weighted by Crippen LogP contribution is 2.28. The maximum Gasteiger partial charge on any atom is 0.148 e. The standard InChI is InChI=1S/C12H18ClN3/c1-9-6-7-12(16-15-9)14-8-10-4-2-3-5-11(10)13/h6-7,10-11H,2-5,8H2,1H3,(H,14,16). The SMILES string of the molecule is Cc1ccc(NCC2CCCCC2Cl)nn1. The summed E-state index contributed by atoms with van der Waals surface area (Å²) in [7, 11) is 0. The van der Waals surface area contributed by atoms with Gasteiger partial charge in [0.15, 0.2) is 0 Å². The molecule has 1 fully saturated rings. The molecule has 1 saturated carbocycles. The number of rotatable bonds is 3. The predicted octanol–water partition coefficient (Wildman–Crippen LogP) is 2.99. The van der Waals surface area contributed by atoms with Crippen LogP contribution in [0.4, 0.5) is 5.82 Å². The number of aryl methyl sites for hydroxylation is 1. The maximum absolute atomic E-state index is 6.30. The second-order valence-electron chi connectivity index (χ2n) is 4.50. The lowest BCUT2D eigenvalue weighted by Crippen LogP contribution is -2.27. The molecule has 1 aromatic rings. The van der Waals surface area contributed by atoms with Crippen molar-refractivity contribution in [3.05, 3.63) is 17.8 Å². The predicted molar refractivity (Wildman–Crippen MR) is 66.9 cm³/mol. The van der Waals surface area contributed by atoms with Crippen molar-refractivity contribution in [1.82, 2.24) is 10.2 Å². The van der Waals surface area contributed by atoms with Crippen LogP contribution in [0.25, 0.3) is 0 Å². The van der Waals surface area contributed by atoms with Crippen molar-refractivity contribution in [1.29, 1.82) is 0 Å². The zero-order valence-corrected chi connectivity index (χ0v) is 10.4. The third-order valence-electron chi connectivity index (χ3n) is 3.16. The topological polar surface area (TPSA) is 37.8 Å². The average molecular weight is 240 g/mol. The second kappa shape index (κ2) is 5.48. The van der Waals surface area contributed by atoms with Gasteiger partial charge >= 0.3 is 0 Å². The summed E-state index contributed by atoms with van der Waals surface area (Å²) in [6, 6.07) is 3.93. The zero-order valence-electron chi connectivity index (χ0n) is 9.62. The lowest BCUT2D eigenvalue weighted by molar-refractivity contribution is 0.380. The highest BCUT2D eigenvalue weighted by molar-refractivity contribution is 6.20. The second-order valence-corrected chi connectivity index (χ2v) is 5.06. The van der Waals surface area contributed by atoms with E-state index in [0.717, 1.165) is 24.5 Å². The largest absolute Gasteiger partial charge is 0.368 e. The van der Waals surface area contributed by atoms with Crippen LogP contribution >= 0.6 is 11.6 Å². The quantitative estimate of drug-likeness (QED) is 0.824. The molecule has 4 heteroatoms. The van der Waals surface area contributed by atoms with Gasteiger partial charge in [-0.25, -0.2) is 0 Å². The molecule has 0 aromatic carbocycles. The molecule has 2 unspecified atom stereocenters. The van der Waals surface area contributed by atoms with Crippen molar-refractivity contribution < 1.29 is 0 Å². The maximum atomic E-state index is 6.30. The van der Waals surface area contributed by atoms with Gasteiger partial charge in [0, 0.05) is 11.9 Å². The van der Waals surface area contributed by atoms with E-state index in [9.17, 15) is 0 Å². The van der Waals surface area contributed by atoms with E-state index in [2.05, 4.69) is 15.5 Å². The number of halogens is 1. The number of anilines is 1. The summed E-state index contributed by atoms with van der Waals surface area (Å²) in [6.45, 7) is 2.85. The summed E-state index contributed by atoms with van der Waals surface area (Å²) in [6.07, 6.45) is 4.94. The van der Waals surface area contributed by atoms with Crippen molar-refractivity contribution in [3.8, 4) is 0 Å². The molecule has 0 bridgehead atoms. The molecule has 16 heavy (non-hydrogen) atoms. The number of hydrogen-bond acceptors (Lipinski definition) is 3. The first-order chi connectivity index (χ1) is 7.75. The molecular weight excluding hydrogens is 222 g/mol. The first-order valence-corrected chi connectivity index (χ1v) is 6.37. The summed E-state index contributed by atoms with van der Waals surface area (Å²) in [5.74, 6) is 1.42. The van der Waals surface area contributed by atoms with Crippen LogP contribution in [0.15, 0.2) is 12.1 Å². The number of nitrogens with one attached hydrogen (secondary N) is 1. The van der Waals surface area contributed by atoms with E-state index < -0.39 is 0 Å². The fourth-order valence-corrected chi connectivity index (χ4v) is 2.49. The third-order valence-corrected chi connectivity index (χ3v) is 3.73. The summed E-state index contributed by atoms with van der Waals surface area (Å²) in [5, 5.41) is 11.7. The van der Waals surface area contributed by atoms with Crippen molar-refractivity contribution in [2.24, 2.45) is 5.92 Å². The lowest BCUT2D eigenvalue weighted by Gasteiger charge is -2.27. The minimum absolute atomic E-state index is 0.319. The first kappa shape index (κ1) is 11.6. The number of hydrogen-bond donors (Lipinski definition) is 1. The van der Waals surface area contributed by atoms with Crippen molar-refractivity contribution >= 4 is 17.4 Å². The molecule has 0 radical (unpaired) electrons. The molecule has 1 aliphatic carbocycles. The summed E-state index contributed by atoms with van der Waals surface area (Å²) in [5.41, 5.74) is 0.943. The molecule has 2 atom stereocenters. The van der Waals surface area contributed by atoms with Crippen LogP contribution in [-0.4, -0.2) is 22.1 Å². The molecule has 1 N–H and O–H groups in total. The van der Waals surface area contributed by atoms with Crippen LogP contribution in [0.5, 0.6) is 0 Å². The Morgan fingerprint density at radius 1 is 1.31 bits per heavy atom. The van der Waals surface area contributed by atoms with E-state index in [4.69, 9.17) is 11.6 Å². The minimum Gasteiger partial charge on any atom is -0.368 e. The van der Waals surface area contributed by atoms with E-state index in [1.165, 1.54) is 19.3 Å². The Morgan fingerprint density at radius 3 is 2.81 bits per heavy atom. The fraction of sp³-hybridized carbons (Fsp3) is 0.667. The summed E-state index contributed by atoms with van der Waals surface area (Å²) in [4.78, 5) is 0. The zero-order chi connectivity index (χ0) is 11.4. The third kappa shape index (κ3) is 3.08. The van der Waals surface area contributed by atoms with Crippen LogP contribution in [0.2, 0.25) is 0 Å². The molecule has 3 nitrogen and oxygen atoms in total.